The minimum absolute atomic E-state index is 0.0240. The van der Waals surface area contributed by atoms with Gasteiger partial charge in [0.2, 0.25) is 5.91 Å². The third-order valence-electron chi connectivity index (χ3n) is 2.61. The number of hydrogen-bond donors (Lipinski definition) is 2. The number of carbonyl (C=O) groups excluding carboxylic acids is 1. The van der Waals surface area contributed by atoms with Crippen LogP contribution in [0, 0.1) is 0 Å². The molecular weight excluding hydrogens is 274 g/mol. The minimum atomic E-state index is -0.0240. The van der Waals surface area contributed by atoms with E-state index in [4.69, 9.17) is 10.5 Å². The number of para-hydroxylation sites is 1. The van der Waals surface area contributed by atoms with Crippen molar-refractivity contribution in [2.45, 2.75) is 12.8 Å². The van der Waals surface area contributed by atoms with Crippen molar-refractivity contribution in [2.24, 2.45) is 0 Å². The molecule has 0 bridgehead atoms. The number of hydrogen-bond acceptors (Lipinski definition) is 5. The van der Waals surface area contributed by atoms with E-state index in [1.54, 1.807) is 0 Å². The Morgan fingerprint density at radius 3 is 2.85 bits per heavy atom. The highest BCUT2D eigenvalue weighted by Gasteiger charge is 2.03. The second-order valence-corrected chi connectivity index (χ2v) is 5.08. The smallest absolute Gasteiger partial charge is 0.223 e. The number of carbonyl (C=O) groups is 1. The fraction of sp³-hybridized carbons (Fsp3) is 0.286. The molecular formula is C14H17N3O2S. The third-order valence-corrected chi connectivity index (χ3v) is 3.34. The number of nitrogen functional groups attached to an aromatic ring is 1. The molecule has 0 aliphatic heterocycles. The van der Waals surface area contributed by atoms with Crippen molar-refractivity contribution < 1.29 is 9.53 Å². The van der Waals surface area contributed by atoms with Gasteiger partial charge in [-0.05, 0) is 12.1 Å². The first kappa shape index (κ1) is 14.3. The number of nitrogens with two attached hydrogens (primary N) is 1. The van der Waals surface area contributed by atoms with E-state index in [1.807, 2.05) is 35.7 Å². The van der Waals surface area contributed by atoms with Gasteiger partial charge in [0.25, 0.3) is 0 Å². The Labute approximate surface area is 121 Å². The minimum Gasteiger partial charge on any atom is -0.493 e. The quantitative estimate of drug-likeness (QED) is 0.816. The lowest BCUT2D eigenvalue weighted by Crippen LogP contribution is -2.27. The normalized spacial score (nSPS) is 10.2. The molecule has 0 unspecified atom stereocenters. The van der Waals surface area contributed by atoms with E-state index in [0.29, 0.717) is 31.1 Å². The molecule has 1 aromatic heterocycles. The Balaban J connectivity index is 1.59. The van der Waals surface area contributed by atoms with Crippen LogP contribution in [0.25, 0.3) is 0 Å². The Hall–Kier alpha value is -2.08. The number of rotatable bonds is 7. The summed E-state index contributed by atoms with van der Waals surface area (Å²) in [6.45, 7) is 0.937. The molecule has 20 heavy (non-hydrogen) atoms. The summed E-state index contributed by atoms with van der Waals surface area (Å²) >= 11 is 1.41. The fourth-order valence-corrected chi connectivity index (χ4v) is 2.23. The van der Waals surface area contributed by atoms with Crippen molar-refractivity contribution >= 4 is 22.4 Å². The predicted molar refractivity (Wildman–Crippen MR) is 79.8 cm³/mol. The molecule has 2 rings (SSSR count). The van der Waals surface area contributed by atoms with Crippen molar-refractivity contribution in [3.8, 4) is 5.75 Å². The maximum Gasteiger partial charge on any atom is 0.223 e. The highest BCUT2D eigenvalue weighted by Crippen LogP contribution is 2.11. The van der Waals surface area contributed by atoms with Gasteiger partial charge in [0.15, 0.2) is 5.13 Å². The molecule has 0 aliphatic rings. The summed E-state index contributed by atoms with van der Waals surface area (Å²) in [5.41, 5.74) is 6.45. The first-order valence-corrected chi connectivity index (χ1v) is 7.26. The fourth-order valence-electron chi connectivity index (χ4n) is 1.63. The maximum atomic E-state index is 11.6. The predicted octanol–water partition coefficient (Wildman–Crippen LogP) is 1.85. The number of nitrogens with one attached hydrogen (secondary N) is 1. The van der Waals surface area contributed by atoms with Gasteiger partial charge in [0.05, 0.1) is 18.7 Å². The summed E-state index contributed by atoms with van der Waals surface area (Å²) in [6, 6.07) is 9.45. The summed E-state index contributed by atoms with van der Waals surface area (Å²) in [7, 11) is 0. The van der Waals surface area contributed by atoms with Crippen molar-refractivity contribution in [1.29, 1.82) is 0 Å². The molecule has 0 fully saturated rings. The third kappa shape index (κ3) is 4.89. The van der Waals surface area contributed by atoms with E-state index in [2.05, 4.69) is 10.3 Å². The van der Waals surface area contributed by atoms with Gasteiger partial charge in [0, 0.05) is 18.3 Å². The van der Waals surface area contributed by atoms with Crippen LogP contribution in [-0.2, 0) is 11.2 Å². The van der Waals surface area contributed by atoms with Crippen molar-refractivity contribution in [2.75, 3.05) is 18.9 Å². The van der Waals surface area contributed by atoms with Crippen LogP contribution in [0.1, 0.15) is 12.1 Å². The number of aromatic nitrogens is 1. The molecule has 5 nitrogen and oxygen atoms in total. The molecule has 6 heteroatoms. The molecule has 0 spiro atoms. The van der Waals surface area contributed by atoms with Crippen LogP contribution in [0.4, 0.5) is 5.13 Å². The van der Waals surface area contributed by atoms with E-state index >= 15 is 0 Å². The Bertz CT molecular complexity index is 542. The highest BCUT2D eigenvalue weighted by atomic mass is 32.1. The lowest BCUT2D eigenvalue weighted by molar-refractivity contribution is -0.121. The number of ether oxygens (including phenoxy) is 1. The van der Waals surface area contributed by atoms with Gasteiger partial charge in [-0.15, -0.1) is 11.3 Å². The molecule has 0 aliphatic carbocycles. The van der Waals surface area contributed by atoms with Gasteiger partial charge < -0.3 is 15.8 Å². The van der Waals surface area contributed by atoms with Gasteiger partial charge in [-0.3, -0.25) is 4.79 Å². The molecule has 1 amide bonds. The molecule has 1 heterocycles. The zero-order chi connectivity index (χ0) is 14.2. The zero-order valence-electron chi connectivity index (χ0n) is 11.0. The van der Waals surface area contributed by atoms with Crippen LogP contribution in [-0.4, -0.2) is 24.0 Å². The summed E-state index contributed by atoms with van der Waals surface area (Å²) in [6.07, 6.45) is 1.03. The Morgan fingerprint density at radius 1 is 1.35 bits per heavy atom. The molecule has 0 radical (unpaired) electrons. The summed E-state index contributed by atoms with van der Waals surface area (Å²) in [5, 5.41) is 5.29. The lowest BCUT2D eigenvalue weighted by Gasteiger charge is -2.06. The van der Waals surface area contributed by atoms with Gasteiger partial charge >= 0.3 is 0 Å². The second-order valence-electron chi connectivity index (χ2n) is 4.19. The first-order valence-electron chi connectivity index (χ1n) is 6.38. The van der Waals surface area contributed by atoms with Crippen LogP contribution in [0.5, 0.6) is 5.75 Å². The van der Waals surface area contributed by atoms with E-state index in [0.717, 1.165) is 11.4 Å². The number of amides is 1. The number of anilines is 1. The van der Waals surface area contributed by atoms with Crippen molar-refractivity contribution in [3.63, 3.8) is 0 Å². The average Bonchev–Trinajstić information content (AvgIpc) is 2.86. The standard InChI is InChI=1S/C14H17N3O2S/c15-14-17-11(10-20-14)6-8-16-13(18)7-9-19-12-4-2-1-3-5-12/h1-5,10H,6-9H2,(H2,15,17)(H,16,18). The molecule has 1 aromatic carbocycles. The summed E-state index contributed by atoms with van der Waals surface area (Å²) in [5.74, 6) is 0.752. The second kappa shape index (κ2) is 7.49. The van der Waals surface area contributed by atoms with Crippen LogP contribution in [0.15, 0.2) is 35.7 Å². The van der Waals surface area contributed by atoms with Gasteiger partial charge in [-0.2, -0.15) is 0 Å². The van der Waals surface area contributed by atoms with E-state index in [-0.39, 0.29) is 5.91 Å². The average molecular weight is 291 g/mol. The zero-order valence-corrected chi connectivity index (χ0v) is 11.9. The van der Waals surface area contributed by atoms with Crippen LogP contribution in [0.3, 0.4) is 0 Å². The molecule has 0 saturated carbocycles. The van der Waals surface area contributed by atoms with Crippen molar-refractivity contribution in [1.82, 2.24) is 10.3 Å². The van der Waals surface area contributed by atoms with E-state index in [1.165, 1.54) is 11.3 Å². The highest BCUT2D eigenvalue weighted by molar-refractivity contribution is 7.13. The molecule has 106 valence electrons. The maximum absolute atomic E-state index is 11.6. The monoisotopic (exact) mass is 291 g/mol. The number of benzene rings is 1. The number of nitrogens with zero attached hydrogens (tertiary/aromatic N) is 1. The lowest BCUT2D eigenvalue weighted by atomic mass is 10.3. The largest absolute Gasteiger partial charge is 0.493 e. The van der Waals surface area contributed by atoms with Crippen LogP contribution < -0.4 is 15.8 Å². The molecule has 3 N–H and O–H groups in total. The van der Waals surface area contributed by atoms with Crippen LogP contribution in [0.2, 0.25) is 0 Å². The van der Waals surface area contributed by atoms with Gasteiger partial charge in [0.1, 0.15) is 5.75 Å². The van der Waals surface area contributed by atoms with Gasteiger partial charge in [-0.25, -0.2) is 4.98 Å². The molecule has 0 saturated heterocycles. The topological polar surface area (TPSA) is 77.2 Å². The summed E-state index contributed by atoms with van der Waals surface area (Å²) < 4.78 is 5.46. The molecule has 0 atom stereocenters. The van der Waals surface area contributed by atoms with Gasteiger partial charge in [-0.1, -0.05) is 18.2 Å². The van der Waals surface area contributed by atoms with E-state index in [9.17, 15) is 4.79 Å². The summed E-state index contributed by atoms with van der Waals surface area (Å²) in [4.78, 5) is 15.7. The molecule has 2 aromatic rings. The van der Waals surface area contributed by atoms with E-state index < -0.39 is 0 Å². The van der Waals surface area contributed by atoms with Crippen LogP contribution >= 0.6 is 11.3 Å². The SMILES string of the molecule is Nc1nc(CCNC(=O)CCOc2ccccc2)cs1. The number of thiazole rings is 1. The Kier molecular flexibility index (Phi) is 5.37. The first-order chi connectivity index (χ1) is 9.74. The van der Waals surface area contributed by atoms with Crippen molar-refractivity contribution in [3.05, 3.63) is 41.4 Å². The Morgan fingerprint density at radius 2 is 2.15 bits per heavy atom.